The van der Waals surface area contributed by atoms with Gasteiger partial charge in [-0.15, -0.1) is 0 Å². The van der Waals surface area contributed by atoms with Gasteiger partial charge in [0.05, 0.1) is 5.54 Å². The molecule has 0 aromatic heterocycles. The first-order valence-corrected chi connectivity index (χ1v) is 6.33. The van der Waals surface area contributed by atoms with Crippen LogP contribution in [0.5, 0.6) is 0 Å². The Bertz CT molecular complexity index is 313. The fraction of sp³-hybridized carbons (Fsp3) is 0.636. The summed E-state index contributed by atoms with van der Waals surface area (Å²) in [5, 5.41) is 4.26. The Morgan fingerprint density at radius 3 is 2.53 bits per heavy atom. The van der Waals surface area contributed by atoms with Crippen molar-refractivity contribution in [2.75, 3.05) is 6.26 Å². The number of amidine groups is 1. The number of nitrogens with one attached hydrogen (secondary N) is 2. The van der Waals surface area contributed by atoms with E-state index in [9.17, 15) is 4.79 Å². The van der Waals surface area contributed by atoms with E-state index in [-0.39, 0.29) is 11.3 Å². The topological polar surface area (TPSA) is 43.1 Å². The zero-order valence-corrected chi connectivity index (χ0v) is 10.6. The van der Waals surface area contributed by atoms with Crippen molar-refractivity contribution in [3.8, 4) is 0 Å². The third-order valence-electron chi connectivity index (χ3n) is 1.94. The number of carbonyl (C=O) groups is 1. The van der Waals surface area contributed by atoms with E-state index in [0.717, 1.165) is 17.3 Å². The second-order valence-electron chi connectivity index (χ2n) is 4.67. The highest BCUT2D eigenvalue weighted by atomic mass is 32.2. The first kappa shape index (κ1) is 12.3. The summed E-state index contributed by atoms with van der Waals surface area (Å²) in [6.07, 6.45) is 5.17. The van der Waals surface area contributed by atoms with Crippen LogP contribution in [0.4, 0.5) is 0 Å². The summed E-state index contributed by atoms with van der Waals surface area (Å²) in [5.41, 5.74) is 1.05. The first-order valence-electron chi connectivity index (χ1n) is 5.10. The number of thioether (sulfide) groups is 1. The zero-order chi connectivity index (χ0) is 11.5. The van der Waals surface area contributed by atoms with E-state index in [1.165, 1.54) is 0 Å². The van der Waals surface area contributed by atoms with Crippen molar-refractivity contribution in [2.45, 2.75) is 39.2 Å². The Labute approximate surface area is 95.4 Å². The van der Waals surface area contributed by atoms with Gasteiger partial charge in [-0.1, -0.05) is 0 Å². The van der Waals surface area contributed by atoms with Gasteiger partial charge in [0, 0.05) is 18.9 Å². The van der Waals surface area contributed by atoms with Crippen LogP contribution in [0.2, 0.25) is 0 Å². The van der Waals surface area contributed by atoms with E-state index in [2.05, 4.69) is 31.1 Å². The number of rotatable bonds is 1. The highest BCUT2D eigenvalue weighted by molar-refractivity contribution is 8.12. The van der Waals surface area contributed by atoms with Gasteiger partial charge in [0.2, 0.25) is 0 Å². The number of hydrogen-bond donors (Lipinski definition) is 2. The molecule has 0 saturated heterocycles. The molecular weight excluding hydrogens is 208 g/mol. The van der Waals surface area contributed by atoms with E-state index in [4.69, 9.17) is 0 Å². The molecule has 0 saturated carbocycles. The van der Waals surface area contributed by atoms with Crippen LogP contribution in [-0.4, -0.2) is 22.7 Å². The van der Waals surface area contributed by atoms with Gasteiger partial charge in [-0.05, 0) is 38.8 Å². The van der Waals surface area contributed by atoms with Crippen molar-refractivity contribution in [2.24, 2.45) is 0 Å². The Morgan fingerprint density at radius 2 is 2.13 bits per heavy atom. The van der Waals surface area contributed by atoms with Gasteiger partial charge in [-0.2, -0.15) is 0 Å². The first-order chi connectivity index (χ1) is 6.90. The van der Waals surface area contributed by atoms with Gasteiger partial charge in [0.15, 0.2) is 5.78 Å². The molecule has 0 heterocycles. The van der Waals surface area contributed by atoms with Gasteiger partial charge >= 0.3 is 5.17 Å². The molecule has 3 nitrogen and oxygen atoms in total. The van der Waals surface area contributed by atoms with Crippen LogP contribution in [0.3, 0.4) is 0 Å². The summed E-state index contributed by atoms with van der Waals surface area (Å²) in [5.74, 6) is 0.216. The molecule has 0 bridgehead atoms. The average molecular weight is 227 g/mol. The lowest BCUT2D eigenvalue weighted by molar-refractivity contribution is -0.537. The van der Waals surface area contributed by atoms with E-state index >= 15 is 0 Å². The maximum atomic E-state index is 11.1. The Morgan fingerprint density at radius 1 is 1.47 bits per heavy atom. The monoisotopic (exact) mass is 227 g/mol. The maximum Gasteiger partial charge on any atom is 0.309 e. The van der Waals surface area contributed by atoms with Crippen LogP contribution in [0.15, 0.2) is 11.8 Å². The molecule has 1 rings (SSSR count). The van der Waals surface area contributed by atoms with Gasteiger partial charge in [-0.3, -0.25) is 9.79 Å². The summed E-state index contributed by atoms with van der Waals surface area (Å²) in [7, 11) is 0. The summed E-state index contributed by atoms with van der Waals surface area (Å²) >= 11 is 1.63. The summed E-state index contributed by atoms with van der Waals surface area (Å²) in [6, 6.07) is 0. The molecule has 0 aromatic rings. The molecule has 0 radical (unpaired) electrons. The molecule has 15 heavy (non-hydrogen) atoms. The van der Waals surface area contributed by atoms with Gasteiger partial charge in [-0.25, -0.2) is 5.32 Å². The van der Waals surface area contributed by atoms with E-state index in [1.807, 2.05) is 6.26 Å². The van der Waals surface area contributed by atoms with E-state index in [0.29, 0.717) is 6.42 Å². The Balaban J connectivity index is 2.66. The van der Waals surface area contributed by atoms with Crippen LogP contribution in [0.1, 0.15) is 33.6 Å². The average Bonchev–Trinajstić information content (AvgIpc) is 2.47. The van der Waals surface area contributed by atoms with Crippen molar-refractivity contribution in [3.05, 3.63) is 11.8 Å². The largest absolute Gasteiger partial charge is 0.309 e. The minimum Gasteiger partial charge on any atom is -0.295 e. The lowest BCUT2D eigenvalue weighted by Crippen LogP contribution is -2.85. The fourth-order valence-corrected chi connectivity index (χ4v) is 1.96. The second kappa shape index (κ2) is 4.84. The standard InChI is InChI=1S/C11H18N2OS/c1-11(2,3)13-10(15-4)12-8-5-6-9(14)7-8/h7H,5-6H2,1-4H3,(H,12,13)/p+1. The smallest absolute Gasteiger partial charge is 0.295 e. The van der Waals surface area contributed by atoms with Crippen molar-refractivity contribution < 1.29 is 9.79 Å². The highest BCUT2D eigenvalue weighted by Gasteiger charge is 2.20. The van der Waals surface area contributed by atoms with E-state index in [1.54, 1.807) is 17.8 Å². The highest BCUT2D eigenvalue weighted by Crippen LogP contribution is 2.12. The Hall–Kier alpha value is -0.770. The van der Waals surface area contributed by atoms with Crippen molar-refractivity contribution >= 4 is 22.7 Å². The molecule has 0 atom stereocenters. The van der Waals surface area contributed by atoms with Crippen molar-refractivity contribution in [1.82, 2.24) is 5.32 Å². The molecule has 4 heteroatoms. The minimum absolute atomic E-state index is 0.0362. The molecule has 0 spiro atoms. The molecule has 1 aliphatic carbocycles. The number of carbonyl (C=O) groups excluding carboxylic acids is 1. The molecule has 0 aliphatic heterocycles. The second-order valence-corrected chi connectivity index (χ2v) is 5.49. The van der Waals surface area contributed by atoms with Crippen LogP contribution < -0.4 is 10.3 Å². The van der Waals surface area contributed by atoms with Crippen molar-refractivity contribution in [1.29, 1.82) is 0 Å². The predicted molar refractivity (Wildman–Crippen MR) is 64.7 cm³/mol. The fourth-order valence-electron chi connectivity index (χ4n) is 1.31. The van der Waals surface area contributed by atoms with Crippen LogP contribution in [0, 0.1) is 0 Å². The third-order valence-corrected chi connectivity index (χ3v) is 2.56. The predicted octanol–water partition coefficient (Wildman–Crippen LogP) is 0.421. The SMILES string of the molecule is CSC(NC1=CC(=O)CC1)=[NH+]C(C)(C)C. The molecule has 0 aromatic carbocycles. The van der Waals surface area contributed by atoms with Crippen LogP contribution in [0.25, 0.3) is 0 Å². The Kier molecular flexibility index (Phi) is 3.97. The molecular formula is C11H19N2OS+. The summed E-state index contributed by atoms with van der Waals surface area (Å²) in [4.78, 5) is 14.4. The number of allylic oxidation sites excluding steroid dienone is 2. The molecule has 1 aliphatic rings. The van der Waals surface area contributed by atoms with Gasteiger partial charge in [0.1, 0.15) is 5.70 Å². The lowest BCUT2D eigenvalue weighted by Gasteiger charge is -2.11. The lowest BCUT2D eigenvalue weighted by atomic mass is 10.1. The van der Waals surface area contributed by atoms with Crippen molar-refractivity contribution in [3.63, 3.8) is 0 Å². The minimum atomic E-state index is 0.0362. The van der Waals surface area contributed by atoms with Gasteiger partial charge in [0.25, 0.3) is 0 Å². The third kappa shape index (κ3) is 4.51. The molecule has 84 valence electrons. The number of hydrogen-bond acceptors (Lipinski definition) is 2. The van der Waals surface area contributed by atoms with Crippen LogP contribution in [-0.2, 0) is 4.79 Å². The summed E-state index contributed by atoms with van der Waals surface area (Å²) < 4.78 is 0. The number of ketones is 1. The molecule has 2 N–H and O–H groups in total. The van der Waals surface area contributed by atoms with Crippen LogP contribution >= 0.6 is 11.8 Å². The molecule has 0 unspecified atom stereocenters. The summed E-state index contributed by atoms with van der Waals surface area (Å²) in [6.45, 7) is 6.33. The maximum absolute atomic E-state index is 11.1. The van der Waals surface area contributed by atoms with E-state index < -0.39 is 0 Å². The molecule has 0 fully saturated rings. The van der Waals surface area contributed by atoms with Gasteiger partial charge < -0.3 is 0 Å². The quantitative estimate of drug-likeness (QED) is 0.504. The normalized spacial score (nSPS) is 18.0. The molecule has 0 amide bonds. The zero-order valence-electron chi connectivity index (χ0n) is 9.81.